The summed E-state index contributed by atoms with van der Waals surface area (Å²) in [4.78, 5) is 11.6. The highest BCUT2D eigenvalue weighted by atomic mass is 35.5. The first-order valence-electron chi connectivity index (χ1n) is 6.68. The maximum Gasteiger partial charge on any atom is 0.247 e. The number of carbonyl (C=O) groups is 1. The summed E-state index contributed by atoms with van der Waals surface area (Å²) in [5.41, 5.74) is -0.637. The van der Waals surface area contributed by atoms with E-state index in [0.29, 0.717) is 12.4 Å². The summed E-state index contributed by atoms with van der Waals surface area (Å²) in [5, 5.41) is 0. The molecular weight excluding hydrogens is 331 g/mol. The second-order valence-electron chi connectivity index (χ2n) is 7.48. The Morgan fingerprint density at radius 2 is 1.50 bits per heavy atom. The normalized spacial score (nSPS) is 25.8. The third kappa shape index (κ3) is 4.26. The second kappa shape index (κ2) is 5.34. The van der Waals surface area contributed by atoms with Gasteiger partial charge in [-0.3, -0.25) is 4.79 Å². The first-order chi connectivity index (χ1) is 8.66. The molecule has 7 heteroatoms. The molecule has 1 aliphatic rings. The van der Waals surface area contributed by atoms with Gasteiger partial charge in [-0.15, -0.1) is 0 Å². The maximum atomic E-state index is 11.6. The van der Waals surface area contributed by atoms with E-state index in [-0.39, 0.29) is 5.78 Å². The Bertz CT molecular complexity index is 418. The molecule has 0 radical (unpaired) electrons. The lowest BCUT2D eigenvalue weighted by atomic mass is 9.68. The predicted molar refractivity (Wildman–Crippen MR) is 89.1 cm³/mol. The minimum atomic E-state index is -1.81. The monoisotopic (exact) mass is 354 g/mol. The van der Waals surface area contributed by atoms with E-state index in [9.17, 15) is 4.79 Å². The van der Waals surface area contributed by atoms with Crippen LogP contribution in [0.5, 0.6) is 0 Å². The number of Topliss-reactive ketones (excluding diaryl/α,β-unsaturated/α-hetero) is 1. The van der Waals surface area contributed by atoms with Crippen LogP contribution in [0.25, 0.3) is 0 Å². The predicted octanol–water partition coefficient (Wildman–Crippen LogP) is 4.68. The van der Waals surface area contributed by atoms with Crippen LogP contribution < -0.4 is 0 Å². The van der Waals surface area contributed by atoms with Gasteiger partial charge in [0.05, 0.1) is 0 Å². The molecule has 116 valence electrons. The highest BCUT2D eigenvalue weighted by Gasteiger charge is 2.61. The van der Waals surface area contributed by atoms with Crippen LogP contribution in [0.1, 0.15) is 13.3 Å². The highest BCUT2D eigenvalue weighted by molar-refractivity contribution is 6.71. The Morgan fingerprint density at radius 1 is 1.10 bits per heavy atom. The molecule has 0 bridgehead atoms. The fraction of sp³-hybridized carbons (Fsp3) is 0.769. The van der Waals surface area contributed by atoms with Gasteiger partial charge in [-0.2, -0.15) is 0 Å². The fourth-order valence-electron chi connectivity index (χ4n) is 1.85. The van der Waals surface area contributed by atoms with Crippen LogP contribution in [-0.4, -0.2) is 26.8 Å². The molecule has 1 fully saturated rings. The van der Waals surface area contributed by atoms with E-state index in [2.05, 4.69) is 39.3 Å². The zero-order chi connectivity index (χ0) is 16.0. The van der Waals surface area contributed by atoms with Crippen LogP contribution in [0.4, 0.5) is 0 Å². The Balaban J connectivity index is 3.05. The molecule has 1 unspecified atom stereocenters. The lowest BCUT2D eigenvalue weighted by Gasteiger charge is -2.46. The maximum absolute atomic E-state index is 11.6. The van der Waals surface area contributed by atoms with Crippen LogP contribution >= 0.6 is 23.2 Å². The summed E-state index contributed by atoms with van der Waals surface area (Å²) >= 11 is 12.3. The second-order valence-corrected chi connectivity index (χ2v) is 17.7. The van der Waals surface area contributed by atoms with Gasteiger partial charge in [-0.05, 0) is 39.3 Å². The van der Waals surface area contributed by atoms with E-state index in [1.807, 2.05) is 6.92 Å². The number of hydrogen-bond donors (Lipinski definition) is 0. The van der Waals surface area contributed by atoms with E-state index >= 15 is 0 Å². The van der Waals surface area contributed by atoms with Gasteiger partial charge in [0.25, 0.3) is 0 Å². The van der Waals surface area contributed by atoms with Crippen molar-refractivity contribution in [1.29, 1.82) is 0 Å². The summed E-state index contributed by atoms with van der Waals surface area (Å²) in [5.74, 6) is 0.323. The van der Waals surface area contributed by atoms with Crippen LogP contribution in [0.2, 0.25) is 39.3 Å². The minimum absolute atomic E-state index is 0.153. The van der Waals surface area contributed by atoms with Gasteiger partial charge in [-0.25, -0.2) is 0 Å². The molecule has 1 rings (SSSR count). The number of rotatable bonds is 5. The lowest BCUT2D eigenvalue weighted by molar-refractivity contribution is -0.130. The van der Waals surface area contributed by atoms with Crippen molar-refractivity contribution in [2.24, 2.45) is 5.41 Å². The SMILES string of the molecule is CC1(C=C(O[Si](C)(C)C)O[Si](C)(C)C)CC(=O)C1(Cl)Cl. The standard InChI is InChI=1S/C13H24Cl2O3Si2/c1-12(8-10(16)13(12,14)15)9-11(17-19(2,3)4)18-20(5,6)7/h9H,8H2,1-7H3. The molecule has 0 aromatic rings. The average Bonchev–Trinajstić information content (AvgIpc) is 2.11. The van der Waals surface area contributed by atoms with Gasteiger partial charge in [0.2, 0.25) is 22.6 Å². The first-order valence-corrected chi connectivity index (χ1v) is 14.3. The molecule has 1 aliphatic carbocycles. The van der Waals surface area contributed by atoms with Crippen LogP contribution in [0, 0.1) is 5.41 Å². The molecule has 0 spiro atoms. The molecule has 0 aromatic carbocycles. The lowest BCUT2D eigenvalue weighted by Crippen LogP contribution is -2.55. The number of alkyl halides is 2. The van der Waals surface area contributed by atoms with Gasteiger partial charge < -0.3 is 8.85 Å². The molecule has 1 atom stereocenters. The largest absolute Gasteiger partial charge is 0.521 e. The van der Waals surface area contributed by atoms with E-state index in [1.165, 1.54) is 0 Å². The van der Waals surface area contributed by atoms with E-state index in [1.54, 1.807) is 6.08 Å². The zero-order valence-corrected chi connectivity index (χ0v) is 16.8. The Kier molecular flexibility index (Phi) is 4.82. The van der Waals surface area contributed by atoms with Gasteiger partial charge in [-0.1, -0.05) is 30.1 Å². The highest BCUT2D eigenvalue weighted by Crippen LogP contribution is 2.55. The molecule has 20 heavy (non-hydrogen) atoms. The number of hydrogen-bond acceptors (Lipinski definition) is 3. The molecule has 0 N–H and O–H groups in total. The fourth-order valence-corrected chi connectivity index (χ4v) is 3.72. The van der Waals surface area contributed by atoms with Crippen molar-refractivity contribution in [3.05, 3.63) is 12.0 Å². The summed E-state index contributed by atoms with van der Waals surface area (Å²) in [6.45, 7) is 14.3. The third-order valence-corrected chi connectivity index (χ3v) is 5.76. The number of halogens is 2. The van der Waals surface area contributed by atoms with Gasteiger partial charge in [0.15, 0.2) is 10.1 Å². The number of allylic oxidation sites excluding steroid dienone is 1. The summed E-state index contributed by atoms with van der Waals surface area (Å²) < 4.78 is 10.6. The van der Waals surface area contributed by atoms with E-state index in [0.717, 1.165) is 0 Å². The van der Waals surface area contributed by atoms with E-state index in [4.69, 9.17) is 32.1 Å². The van der Waals surface area contributed by atoms with Gasteiger partial charge in [0, 0.05) is 17.9 Å². The van der Waals surface area contributed by atoms with Crippen LogP contribution in [0.3, 0.4) is 0 Å². The molecular formula is C13H24Cl2O3Si2. The smallest absolute Gasteiger partial charge is 0.247 e. The van der Waals surface area contributed by atoms with Crippen molar-refractivity contribution in [2.45, 2.75) is 57.0 Å². The molecule has 1 saturated carbocycles. The third-order valence-electron chi connectivity index (χ3n) is 2.85. The topological polar surface area (TPSA) is 35.5 Å². The minimum Gasteiger partial charge on any atom is -0.521 e. The summed E-state index contributed by atoms with van der Waals surface area (Å²) in [6.07, 6.45) is 2.11. The zero-order valence-electron chi connectivity index (χ0n) is 13.3. The quantitative estimate of drug-likeness (QED) is 0.408. The van der Waals surface area contributed by atoms with Crippen molar-refractivity contribution in [3.63, 3.8) is 0 Å². The van der Waals surface area contributed by atoms with Crippen molar-refractivity contribution in [3.8, 4) is 0 Å². The van der Waals surface area contributed by atoms with Crippen LogP contribution in [-0.2, 0) is 13.6 Å². The van der Waals surface area contributed by atoms with Crippen molar-refractivity contribution < 1.29 is 13.6 Å². The van der Waals surface area contributed by atoms with E-state index < -0.39 is 26.4 Å². The van der Waals surface area contributed by atoms with Crippen LogP contribution in [0.15, 0.2) is 12.0 Å². The molecule has 0 aliphatic heterocycles. The summed E-state index contributed by atoms with van der Waals surface area (Å²) in [7, 11) is -3.63. The Morgan fingerprint density at radius 3 is 1.75 bits per heavy atom. The van der Waals surface area contributed by atoms with Crippen molar-refractivity contribution in [2.75, 3.05) is 0 Å². The number of carbonyl (C=O) groups excluding carboxylic acids is 1. The van der Waals surface area contributed by atoms with Gasteiger partial charge in [0.1, 0.15) is 0 Å². The first kappa shape index (κ1) is 18.1. The summed E-state index contributed by atoms with van der Waals surface area (Å²) in [6, 6.07) is 0. The Labute approximate surface area is 133 Å². The molecule has 0 heterocycles. The Hall–Kier alpha value is 0.0238. The van der Waals surface area contributed by atoms with Crippen molar-refractivity contribution in [1.82, 2.24) is 0 Å². The average molecular weight is 355 g/mol. The number of ketones is 1. The molecule has 3 nitrogen and oxygen atoms in total. The van der Waals surface area contributed by atoms with Crippen molar-refractivity contribution >= 4 is 45.6 Å². The molecule has 0 saturated heterocycles. The molecule has 0 amide bonds. The molecule has 0 aromatic heterocycles. The van der Waals surface area contributed by atoms with Gasteiger partial charge >= 0.3 is 0 Å².